The van der Waals surface area contributed by atoms with Gasteiger partial charge in [0.1, 0.15) is 0 Å². The van der Waals surface area contributed by atoms with Crippen molar-refractivity contribution in [3.05, 3.63) is 304 Å². The molecular weight excluding hydrogens is 1100 g/mol. The predicted octanol–water partition coefficient (Wildman–Crippen LogP) is 23.3. The van der Waals surface area contributed by atoms with Gasteiger partial charge in [-0.05, 0) is 186 Å². The highest BCUT2D eigenvalue weighted by molar-refractivity contribution is 6.19. The van der Waals surface area contributed by atoms with Crippen LogP contribution >= 0.6 is 0 Å². The van der Waals surface area contributed by atoms with E-state index in [1.54, 1.807) is 0 Å². The summed E-state index contributed by atoms with van der Waals surface area (Å²) in [5.74, 6) is 3.26. The van der Waals surface area contributed by atoms with E-state index < -0.39 is 5.41 Å². The molecule has 442 valence electrons. The first kappa shape index (κ1) is 56.1. The summed E-state index contributed by atoms with van der Waals surface area (Å²) in [7, 11) is 0. The number of para-hydroxylation sites is 1. The Morgan fingerprint density at radius 2 is 0.846 bits per heavy atom. The molecule has 0 atom stereocenters. The van der Waals surface area contributed by atoms with Gasteiger partial charge in [0.2, 0.25) is 0 Å². The van der Waals surface area contributed by atoms with Crippen molar-refractivity contribution in [2.75, 3.05) is 9.80 Å². The molecule has 4 aliphatic carbocycles. The van der Waals surface area contributed by atoms with Crippen LogP contribution in [-0.2, 0) is 27.1 Å². The van der Waals surface area contributed by atoms with Gasteiger partial charge < -0.3 is 14.4 Å². The number of aromatic nitrogens is 1. The van der Waals surface area contributed by atoms with Gasteiger partial charge in [-0.2, -0.15) is 0 Å². The summed E-state index contributed by atoms with van der Waals surface area (Å²) < 4.78 is 2.41. The maximum absolute atomic E-state index is 6.87. The van der Waals surface area contributed by atoms with Crippen molar-refractivity contribution in [1.82, 2.24) is 4.57 Å². The van der Waals surface area contributed by atoms with Gasteiger partial charge in [-0.3, -0.25) is 0 Å². The molecule has 1 aromatic heterocycles. The summed E-state index contributed by atoms with van der Waals surface area (Å²) >= 11 is 0. The number of anilines is 6. The highest BCUT2D eigenvalue weighted by Gasteiger charge is 2.55. The highest BCUT2D eigenvalue weighted by Crippen LogP contribution is 2.68. The van der Waals surface area contributed by atoms with Crippen LogP contribution in [0.1, 0.15) is 132 Å². The van der Waals surface area contributed by atoms with Crippen LogP contribution in [0.2, 0.25) is 0 Å². The molecule has 0 radical (unpaired) electrons. The average molecular weight is 1170 g/mol. The maximum Gasteiger partial charge on any atom is 0.0967 e. The Kier molecular flexibility index (Phi) is 12.3. The molecule has 3 heteroatoms. The second-order valence-corrected chi connectivity index (χ2v) is 28.8. The molecule has 1 spiro atoms. The molecule has 0 unspecified atom stereocenters. The molecule has 0 bridgehead atoms. The molecule has 0 aliphatic heterocycles. The fourth-order valence-electron chi connectivity index (χ4n) is 16.5. The Morgan fingerprint density at radius 1 is 0.418 bits per heavy atom. The number of allylic oxidation sites excluding steroid dienone is 4. The second kappa shape index (κ2) is 19.9. The van der Waals surface area contributed by atoms with Gasteiger partial charge in [-0.1, -0.05) is 245 Å². The van der Waals surface area contributed by atoms with Gasteiger partial charge >= 0.3 is 0 Å². The third-order valence-corrected chi connectivity index (χ3v) is 20.9. The maximum atomic E-state index is 6.87. The Bertz CT molecular complexity index is 5100. The molecule has 4 aliphatic rings. The third kappa shape index (κ3) is 8.01. The molecule has 16 rings (SSSR count). The molecule has 11 aromatic carbocycles. The summed E-state index contributed by atoms with van der Waals surface area (Å²) in [6, 6.07) is 88.5. The van der Waals surface area contributed by atoms with Crippen LogP contribution in [0.25, 0.3) is 72.0 Å². The molecule has 91 heavy (non-hydrogen) atoms. The number of rotatable bonds is 8. The molecule has 0 saturated heterocycles. The van der Waals surface area contributed by atoms with Crippen molar-refractivity contribution in [3.8, 4) is 56.9 Å². The molecule has 1 heterocycles. The number of fused-ring (bicyclic) bond motifs is 20. The lowest BCUT2D eigenvalue weighted by atomic mass is 9.70. The fourth-order valence-corrected chi connectivity index (χ4v) is 16.5. The molecular formula is C88H75N3. The van der Waals surface area contributed by atoms with Crippen LogP contribution < -0.4 is 9.80 Å². The quantitative estimate of drug-likeness (QED) is 0.111. The molecule has 0 N–H and O–H groups in total. The minimum Gasteiger partial charge on any atom is -0.310 e. The van der Waals surface area contributed by atoms with Crippen molar-refractivity contribution in [2.24, 2.45) is 0 Å². The summed E-state index contributed by atoms with van der Waals surface area (Å²) in [4.78, 5) is 5.10. The zero-order valence-electron chi connectivity index (χ0n) is 54.1. The lowest BCUT2D eigenvalue weighted by Crippen LogP contribution is -2.27. The highest BCUT2D eigenvalue weighted by atomic mass is 15.2. The minimum absolute atomic E-state index is 0.0304. The summed E-state index contributed by atoms with van der Waals surface area (Å²) in [6.45, 7) is 25.4. The van der Waals surface area contributed by atoms with Crippen LogP contribution in [0.5, 0.6) is 0 Å². The van der Waals surface area contributed by atoms with Crippen molar-refractivity contribution < 1.29 is 0 Å². The van der Waals surface area contributed by atoms with Crippen molar-refractivity contribution >= 4 is 61.6 Å². The zero-order valence-corrected chi connectivity index (χ0v) is 54.1. The lowest BCUT2D eigenvalue weighted by Gasteiger charge is -2.34. The molecule has 12 aromatic rings. The zero-order chi connectivity index (χ0) is 62.7. The van der Waals surface area contributed by atoms with Crippen molar-refractivity contribution in [2.45, 2.75) is 103 Å². The second-order valence-electron chi connectivity index (χ2n) is 28.8. The number of nitrogens with zero attached hydrogens (tertiary/aromatic N) is 3. The SMILES string of the molecule is C#C/C(=C\C=C/C)n1c2ccccc2c2cc(N(c3ccc(C(C)(C)C)cc3)c3ccc4c(c3)-c3ccccc3C4(C)C)c3c(c21)C1(c2ccccc2-c2ccccc21)c1cc(N(c2ccc(C(C)(C)C)cc2)c2ccc4c(c2)-c2ccccc2C4(C)C)ccc1-3. The predicted molar refractivity (Wildman–Crippen MR) is 386 cm³/mol. The molecule has 0 saturated carbocycles. The van der Waals surface area contributed by atoms with Crippen LogP contribution in [0.15, 0.2) is 249 Å². The fraction of sp³-hybridized carbons (Fsp3) is 0.182. The van der Waals surface area contributed by atoms with Gasteiger partial charge in [0.15, 0.2) is 0 Å². The Labute approximate surface area is 537 Å². The number of benzene rings is 11. The summed E-state index contributed by atoms with van der Waals surface area (Å²) in [5, 5.41) is 2.26. The Morgan fingerprint density at radius 3 is 1.36 bits per heavy atom. The lowest BCUT2D eigenvalue weighted by molar-refractivity contribution is 0.590. The van der Waals surface area contributed by atoms with Crippen LogP contribution in [0.3, 0.4) is 0 Å². The Balaban J connectivity index is 1.07. The first-order chi connectivity index (χ1) is 43.8. The number of hydrogen-bond acceptors (Lipinski definition) is 2. The van der Waals surface area contributed by atoms with Gasteiger partial charge in [0, 0.05) is 61.2 Å². The van der Waals surface area contributed by atoms with Crippen molar-refractivity contribution in [3.63, 3.8) is 0 Å². The topological polar surface area (TPSA) is 11.4 Å². The van der Waals surface area contributed by atoms with E-state index in [9.17, 15) is 0 Å². The van der Waals surface area contributed by atoms with E-state index >= 15 is 0 Å². The van der Waals surface area contributed by atoms with E-state index in [-0.39, 0.29) is 21.7 Å². The van der Waals surface area contributed by atoms with Crippen molar-refractivity contribution in [1.29, 1.82) is 0 Å². The van der Waals surface area contributed by atoms with E-state index in [4.69, 9.17) is 6.42 Å². The monoisotopic (exact) mass is 1170 g/mol. The summed E-state index contributed by atoms with van der Waals surface area (Å²) in [6.07, 6.45) is 13.1. The van der Waals surface area contributed by atoms with Gasteiger partial charge in [-0.25, -0.2) is 0 Å². The molecule has 0 fully saturated rings. The van der Waals surface area contributed by atoms with Crippen LogP contribution in [0.4, 0.5) is 34.1 Å². The van der Waals surface area contributed by atoms with E-state index in [0.29, 0.717) is 0 Å². The normalized spacial score (nSPS) is 15.0. The van der Waals surface area contributed by atoms with Gasteiger partial charge in [0.05, 0.1) is 27.8 Å². The molecule has 3 nitrogen and oxygen atoms in total. The first-order valence-corrected chi connectivity index (χ1v) is 32.4. The van der Waals surface area contributed by atoms with Gasteiger partial charge in [0.25, 0.3) is 0 Å². The smallest absolute Gasteiger partial charge is 0.0967 e. The number of terminal acetylenes is 1. The van der Waals surface area contributed by atoms with E-state index in [1.807, 2.05) is 0 Å². The van der Waals surface area contributed by atoms with Crippen LogP contribution in [0, 0.1) is 12.3 Å². The average Bonchev–Trinajstić information content (AvgIpc) is 1.49. The first-order valence-electron chi connectivity index (χ1n) is 32.4. The minimum atomic E-state index is -0.861. The van der Waals surface area contributed by atoms with Gasteiger partial charge in [-0.15, -0.1) is 6.42 Å². The summed E-state index contributed by atoms with van der Waals surface area (Å²) in [5.41, 5.74) is 31.1. The Hall–Kier alpha value is -10.1. The molecule has 0 amide bonds. The van der Waals surface area contributed by atoms with E-state index in [2.05, 4.69) is 345 Å². The largest absolute Gasteiger partial charge is 0.310 e. The van der Waals surface area contributed by atoms with E-state index in [0.717, 1.165) is 61.6 Å². The standard InChI is InChI=1S/C88H75N3/c1-13-15-26-57(14-2)91-79-36-25-20-31-67(79)71-54-80(90(59-43-39-56(40-44-59)85(6,7)8)61-47-50-75-70(52-61)66-30-17-22-33-73(66)87(75,11)12)81-68-48-45-62(53-78(68)88(82(81)83(71)91)76-34-23-18-27-63(76)64-28-19-24-35-77(64)88)89(58-41-37-55(38-42-58)84(3,4)5)60-46-49-74-69(51-60)65-29-16-21-32-72(65)86(74,9)10/h2,13,15-54H,1,3-12H3/b15-13-,57-26+. The third-order valence-electron chi connectivity index (χ3n) is 20.9. The van der Waals surface area contributed by atoms with E-state index in [1.165, 1.54) is 100 Å². The number of hydrogen-bond donors (Lipinski definition) is 0. The van der Waals surface area contributed by atoms with Crippen LogP contribution in [-0.4, -0.2) is 4.57 Å².